The van der Waals surface area contributed by atoms with Crippen LogP contribution in [0.1, 0.15) is 59.8 Å². The molecule has 17 heavy (non-hydrogen) atoms. The summed E-state index contributed by atoms with van der Waals surface area (Å²) in [6.45, 7) is 14.3. The van der Waals surface area contributed by atoms with Crippen molar-refractivity contribution in [3.05, 3.63) is 0 Å². The van der Waals surface area contributed by atoms with Crippen molar-refractivity contribution >= 4 is 0 Å². The topological polar surface area (TPSA) is 15.3 Å². The first-order valence-corrected chi connectivity index (χ1v) is 7.51. The highest BCUT2D eigenvalue weighted by atomic mass is 15.1. The zero-order valence-corrected chi connectivity index (χ0v) is 12.4. The number of likely N-dealkylation sites (tertiary alicyclic amines) is 1. The molecule has 1 heterocycles. The van der Waals surface area contributed by atoms with Crippen LogP contribution in [0.4, 0.5) is 0 Å². The van der Waals surface area contributed by atoms with Crippen LogP contribution in [0.2, 0.25) is 0 Å². The molecule has 1 saturated heterocycles. The van der Waals surface area contributed by atoms with E-state index in [9.17, 15) is 0 Å². The van der Waals surface area contributed by atoms with Gasteiger partial charge in [0.05, 0.1) is 0 Å². The van der Waals surface area contributed by atoms with Gasteiger partial charge in [-0.2, -0.15) is 0 Å². The van der Waals surface area contributed by atoms with E-state index >= 15 is 0 Å². The van der Waals surface area contributed by atoms with Gasteiger partial charge in [-0.15, -0.1) is 0 Å². The second kappa shape index (κ2) is 7.38. The van der Waals surface area contributed by atoms with E-state index < -0.39 is 0 Å². The quantitative estimate of drug-likeness (QED) is 0.735. The van der Waals surface area contributed by atoms with Crippen LogP contribution in [0.5, 0.6) is 0 Å². The molecular weight excluding hydrogens is 208 g/mol. The third-order valence-electron chi connectivity index (χ3n) is 3.84. The average molecular weight is 240 g/mol. The van der Waals surface area contributed by atoms with Gasteiger partial charge < -0.3 is 10.2 Å². The minimum Gasteiger partial charge on any atom is -0.314 e. The molecule has 0 aromatic heterocycles. The largest absolute Gasteiger partial charge is 0.314 e. The first-order valence-electron chi connectivity index (χ1n) is 7.51. The summed E-state index contributed by atoms with van der Waals surface area (Å²) in [4.78, 5) is 2.68. The van der Waals surface area contributed by atoms with Crippen molar-refractivity contribution in [2.45, 2.75) is 65.8 Å². The Balaban J connectivity index is 2.43. The van der Waals surface area contributed by atoms with Crippen molar-refractivity contribution in [3.63, 3.8) is 0 Å². The molecule has 0 spiro atoms. The maximum atomic E-state index is 3.63. The van der Waals surface area contributed by atoms with Gasteiger partial charge in [-0.3, -0.25) is 0 Å². The Morgan fingerprint density at radius 2 is 1.82 bits per heavy atom. The molecule has 0 amide bonds. The van der Waals surface area contributed by atoms with Gasteiger partial charge in [-0.05, 0) is 37.8 Å². The molecule has 0 aromatic carbocycles. The number of rotatable bonds is 7. The number of hydrogen-bond acceptors (Lipinski definition) is 2. The molecule has 1 N–H and O–H groups in total. The molecule has 1 atom stereocenters. The summed E-state index contributed by atoms with van der Waals surface area (Å²) in [5, 5.41) is 3.63. The van der Waals surface area contributed by atoms with E-state index in [0.29, 0.717) is 11.5 Å². The molecule has 1 fully saturated rings. The van der Waals surface area contributed by atoms with Gasteiger partial charge in [0.25, 0.3) is 0 Å². The van der Waals surface area contributed by atoms with Crippen LogP contribution >= 0.6 is 0 Å². The van der Waals surface area contributed by atoms with E-state index in [4.69, 9.17) is 0 Å². The lowest BCUT2D eigenvalue weighted by Crippen LogP contribution is -2.45. The van der Waals surface area contributed by atoms with E-state index in [0.717, 1.165) is 6.54 Å². The normalized spacial score (nSPS) is 21.7. The van der Waals surface area contributed by atoms with Gasteiger partial charge >= 0.3 is 0 Å². The average Bonchev–Trinajstić information content (AvgIpc) is 2.28. The van der Waals surface area contributed by atoms with Crippen molar-refractivity contribution in [2.24, 2.45) is 5.41 Å². The summed E-state index contributed by atoms with van der Waals surface area (Å²) in [5.41, 5.74) is 0.455. The molecule has 1 aliphatic rings. The fraction of sp³-hybridized carbons (Fsp3) is 1.00. The fourth-order valence-corrected chi connectivity index (χ4v) is 2.93. The van der Waals surface area contributed by atoms with Crippen molar-refractivity contribution < 1.29 is 0 Å². The zero-order chi connectivity index (χ0) is 12.7. The highest BCUT2D eigenvalue weighted by molar-refractivity contribution is 4.82. The Kier molecular flexibility index (Phi) is 6.50. The summed E-state index contributed by atoms with van der Waals surface area (Å²) in [6.07, 6.45) is 6.87. The summed E-state index contributed by atoms with van der Waals surface area (Å²) in [7, 11) is 0. The monoisotopic (exact) mass is 240 g/mol. The fourth-order valence-electron chi connectivity index (χ4n) is 2.93. The molecule has 1 unspecified atom stereocenters. The molecule has 0 bridgehead atoms. The Bertz CT molecular complexity index is 197. The van der Waals surface area contributed by atoms with Crippen molar-refractivity contribution in [2.75, 3.05) is 26.2 Å². The molecule has 102 valence electrons. The second-order valence-electron chi connectivity index (χ2n) is 6.43. The van der Waals surface area contributed by atoms with Gasteiger partial charge in [0.1, 0.15) is 0 Å². The molecular formula is C15H32N2. The minimum absolute atomic E-state index is 0.455. The lowest BCUT2D eigenvalue weighted by molar-refractivity contribution is 0.128. The maximum Gasteiger partial charge on any atom is 0.00475 e. The third-order valence-corrected chi connectivity index (χ3v) is 3.84. The number of nitrogens with zero attached hydrogens (tertiary/aromatic N) is 1. The molecule has 2 heteroatoms. The Hall–Kier alpha value is -0.0800. The number of hydrogen-bond donors (Lipinski definition) is 1. The van der Waals surface area contributed by atoms with Crippen molar-refractivity contribution in [3.8, 4) is 0 Å². The predicted molar refractivity (Wildman–Crippen MR) is 76.4 cm³/mol. The first kappa shape index (κ1) is 15.0. The van der Waals surface area contributed by atoms with Crippen LogP contribution in [-0.4, -0.2) is 37.1 Å². The van der Waals surface area contributed by atoms with Gasteiger partial charge in [0.2, 0.25) is 0 Å². The van der Waals surface area contributed by atoms with Crippen LogP contribution in [0.25, 0.3) is 0 Å². The van der Waals surface area contributed by atoms with E-state index in [2.05, 4.69) is 37.9 Å². The number of nitrogens with one attached hydrogen (secondary N) is 1. The number of piperidine rings is 1. The summed E-state index contributed by atoms with van der Waals surface area (Å²) >= 11 is 0. The zero-order valence-electron chi connectivity index (χ0n) is 12.4. The molecule has 2 nitrogen and oxygen atoms in total. The van der Waals surface area contributed by atoms with Crippen LogP contribution in [0.15, 0.2) is 0 Å². The third kappa shape index (κ3) is 5.87. The molecule has 0 aliphatic carbocycles. The van der Waals surface area contributed by atoms with Gasteiger partial charge in [-0.1, -0.05) is 40.5 Å². The molecule has 1 aliphatic heterocycles. The van der Waals surface area contributed by atoms with Crippen LogP contribution in [0.3, 0.4) is 0 Å². The highest BCUT2D eigenvalue weighted by Gasteiger charge is 2.26. The molecule has 0 saturated carbocycles. The molecule has 0 aromatic rings. The van der Waals surface area contributed by atoms with E-state index in [1.54, 1.807) is 0 Å². The Labute approximate surface area is 108 Å². The van der Waals surface area contributed by atoms with Crippen LogP contribution in [0, 0.1) is 5.41 Å². The Morgan fingerprint density at radius 3 is 2.35 bits per heavy atom. The summed E-state index contributed by atoms with van der Waals surface area (Å²) < 4.78 is 0. The van der Waals surface area contributed by atoms with E-state index in [-0.39, 0.29) is 0 Å². The summed E-state index contributed by atoms with van der Waals surface area (Å²) in [5.74, 6) is 0. The highest BCUT2D eigenvalue weighted by Crippen LogP contribution is 2.25. The lowest BCUT2D eigenvalue weighted by Gasteiger charge is -2.38. The lowest BCUT2D eigenvalue weighted by atomic mass is 9.84. The van der Waals surface area contributed by atoms with Crippen LogP contribution in [-0.2, 0) is 0 Å². The Morgan fingerprint density at radius 1 is 1.18 bits per heavy atom. The van der Waals surface area contributed by atoms with E-state index in [1.165, 1.54) is 51.7 Å². The predicted octanol–water partition coefficient (Wildman–Crippen LogP) is 3.28. The van der Waals surface area contributed by atoms with Crippen LogP contribution < -0.4 is 5.32 Å². The molecule has 0 radical (unpaired) electrons. The van der Waals surface area contributed by atoms with E-state index in [1.807, 2.05) is 0 Å². The maximum absolute atomic E-state index is 3.63. The first-order chi connectivity index (χ1) is 8.06. The molecule has 1 rings (SSSR count). The smallest absolute Gasteiger partial charge is 0.00475 e. The van der Waals surface area contributed by atoms with Gasteiger partial charge in [0.15, 0.2) is 0 Å². The van der Waals surface area contributed by atoms with Crippen molar-refractivity contribution in [1.82, 2.24) is 10.2 Å². The second-order valence-corrected chi connectivity index (χ2v) is 6.43. The standard InChI is InChI=1S/C15H32N2/c1-5-9-15(4,12-16-14(2)3)13-17-10-7-6-8-11-17/h14,16H,5-13H2,1-4H3. The minimum atomic E-state index is 0.455. The van der Waals surface area contributed by atoms with Gasteiger partial charge in [-0.25, -0.2) is 0 Å². The van der Waals surface area contributed by atoms with Gasteiger partial charge in [0, 0.05) is 19.1 Å². The SMILES string of the molecule is CCCC(C)(CNC(C)C)CN1CCCCC1. The van der Waals surface area contributed by atoms with Crippen molar-refractivity contribution in [1.29, 1.82) is 0 Å². The summed E-state index contributed by atoms with van der Waals surface area (Å²) in [6, 6.07) is 0.604.